The molecule has 0 amide bonds. The average molecular weight is 398 g/mol. The molecule has 0 saturated carbocycles. The van der Waals surface area contributed by atoms with E-state index < -0.39 is 51.9 Å². The number of ether oxygens (including phenoxy) is 2. The predicted octanol–water partition coefficient (Wildman–Crippen LogP) is 2.04. The third kappa shape index (κ3) is 5.19. The van der Waals surface area contributed by atoms with Gasteiger partial charge in [0.05, 0.1) is 0 Å². The number of carboxylic acid groups (broad SMARTS) is 1. The molecule has 6 nitrogen and oxygen atoms in total. The zero-order valence-corrected chi connectivity index (χ0v) is 13.2. The highest BCUT2D eigenvalue weighted by atomic mass is 32.2. The van der Waals surface area contributed by atoms with Crippen LogP contribution in [-0.2, 0) is 24.1 Å². The zero-order valence-electron chi connectivity index (χ0n) is 12.3. The minimum Gasteiger partial charge on any atom is -0.481 e. The van der Waals surface area contributed by atoms with E-state index in [1.807, 2.05) is 0 Å². The van der Waals surface area contributed by atoms with Gasteiger partial charge in [-0.3, -0.25) is 4.79 Å². The smallest absolute Gasteiger partial charge is 0.440 e. The number of sulfone groups is 1. The molecule has 0 aromatic heterocycles. The molecule has 0 bridgehead atoms. The maximum Gasteiger partial charge on any atom is 0.440 e. The molecule has 25 heavy (non-hydrogen) atoms. The molecule has 0 radical (unpaired) electrons. The average Bonchev–Trinajstić information content (AvgIpc) is 2.40. The van der Waals surface area contributed by atoms with Gasteiger partial charge in [0.2, 0.25) is 4.93 Å². The van der Waals surface area contributed by atoms with Gasteiger partial charge < -0.3 is 14.6 Å². The van der Waals surface area contributed by atoms with Crippen LogP contribution in [-0.4, -0.2) is 55.9 Å². The fourth-order valence-corrected chi connectivity index (χ4v) is 3.17. The highest BCUT2D eigenvalue weighted by Crippen LogP contribution is 2.39. The summed E-state index contributed by atoms with van der Waals surface area (Å²) in [6.45, 7) is -2.38. The van der Waals surface area contributed by atoms with E-state index in [0.29, 0.717) is 12.3 Å². The van der Waals surface area contributed by atoms with Gasteiger partial charge in [-0.1, -0.05) is 18.2 Å². The topological polar surface area (TPSA) is 89.9 Å². The maximum atomic E-state index is 12.9. The van der Waals surface area contributed by atoms with Crippen molar-refractivity contribution in [3.8, 4) is 0 Å². The van der Waals surface area contributed by atoms with Gasteiger partial charge in [0.25, 0.3) is 6.29 Å². The molecule has 0 aliphatic heterocycles. The Bertz CT molecular complexity index is 665. The van der Waals surface area contributed by atoms with Crippen LogP contribution in [0.2, 0.25) is 0 Å². The second-order valence-electron chi connectivity index (χ2n) is 4.97. The first kappa shape index (κ1) is 21.4. The molecule has 1 rings (SSSR count). The summed E-state index contributed by atoms with van der Waals surface area (Å²) in [4.78, 5) is 8.14. The largest absolute Gasteiger partial charge is 0.481 e. The molecule has 1 aliphatic rings. The zero-order chi connectivity index (χ0) is 19.7. The number of alkyl halides is 6. The fraction of sp³-hybridized carbons (Fsp3) is 0.583. The van der Waals surface area contributed by atoms with E-state index in [1.54, 1.807) is 0 Å². The highest BCUT2D eigenvalue weighted by Gasteiger charge is 2.57. The van der Waals surface area contributed by atoms with Gasteiger partial charge in [-0.05, 0) is 6.08 Å². The molecule has 0 aromatic carbocycles. The molecule has 0 saturated heterocycles. The lowest BCUT2D eigenvalue weighted by Crippen LogP contribution is -2.54. The molecule has 0 fully saturated rings. The van der Waals surface area contributed by atoms with Crippen molar-refractivity contribution in [1.29, 1.82) is 0 Å². The van der Waals surface area contributed by atoms with E-state index in [4.69, 9.17) is 5.11 Å². The molecule has 13 heteroatoms. The van der Waals surface area contributed by atoms with E-state index >= 15 is 0 Å². The van der Waals surface area contributed by atoms with Crippen LogP contribution < -0.4 is 0 Å². The van der Waals surface area contributed by atoms with Crippen LogP contribution in [0.3, 0.4) is 0 Å². The molecule has 3 unspecified atom stereocenters. The lowest BCUT2D eigenvalue weighted by Gasteiger charge is -2.37. The van der Waals surface area contributed by atoms with Crippen molar-refractivity contribution in [2.24, 2.45) is 5.92 Å². The van der Waals surface area contributed by atoms with Gasteiger partial charge in [-0.15, -0.1) is 0 Å². The first-order chi connectivity index (χ1) is 11.1. The summed E-state index contributed by atoms with van der Waals surface area (Å²) in [5.74, 6) is -3.99. The Balaban J connectivity index is 3.33. The number of aliphatic carboxylic acids is 1. The summed E-state index contributed by atoms with van der Waals surface area (Å²) in [5, 5.41) is 9.08. The number of allylic oxidation sites excluding steroid dienone is 2. The van der Waals surface area contributed by atoms with Gasteiger partial charge in [0.1, 0.15) is 12.5 Å². The number of carbonyl (C=O) groups is 1. The number of halogens is 6. The van der Waals surface area contributed by atoms with Crippen LogP contribution >= 0.6 is 0 Å². The van der Waals surface area contributed by atoms with Crippen molar-refractivity contribution in [2.75, 3.05) is 12.9 Å². The number of hydrogen-bond acceptors (Lipinski definition) is 5. The maximum absolute atomic E-state index is 12.9. The molecular formula is C12H12F6O6S. The predicted molar refractivity (Wildman–Crippen MR) is 69.9 cm³/mol. The fourth-order valence-electron chi connectivity index (χ4n) is 1.94. The van der Waals surface area contributed by atoms with Gasteiger partial charge in [-0.2, -0.15) is 26.3 Å². The SMILES string of the molecule is CS(=O)(=O)C1(OC(OCC(F)(F)F)C(F)(F)F)C=CC=CC1C(=O)O. The Labute approximate surface area is 137 Å². The van der Waals surface area contributed by atoms with Crippen LogP contribution in [0.25, 0.3) is 0 Å². The Morgan fingerprint density at radius 3 is 2.20 bits per heavy atom. The van der Waals surface area contributed by atoms with Crippen LogP contribution in [0, 0.1) is 5.92 Å². The van der Waals surface area contributed by atoms with Crippen LogP contribution in [0.4, 0.5) is 26.3 Å². The molecule has 0 heterocycles. The molecule has 1 N–H and O–H groups in total. The molecule has 0 aromatic rings. The second-order valence-corrected chi connectivity index (χ2v) is 7.15. The van der Waals surface area contributed by atoms with Crippen molar-refractivity contribution in [3.05, 3.63) is 24.3 Å². The summed E-state index contributed by atoms with van der Waals surface area (Å²) >= 11 is 0. The van der Waals surface area contributed by atoms with Crippen molar-refractivity contribution >= 4 is 15.8 Å². The van der Waals surface area contributed by atoms with Crippen molar-refractivity contribution in [1.82, 2.24) is 0 Å². The van der Waals surface area contributed by atoms with Crippen molar-refractivity contribution in [2.45, 2.75) is 23.6 Å². The molecular weight excluding hydrogens is 386 g/mol. The molecule has 1 aliphatic carbocycles. The van der Waals surface area contributed by atoms with E-state index in [-0.39, 0.29) is 0 Å². The molecule has 0 spiro atoms. The summed E-state index contributed by atoms with van der Waals surface area (Å²) < 4.78 is 107. The van der Waals surface area contributed by atoms with Gasteiger partial charge in [0, 0.05) is 6.26 Å². The molecule has 3 atom stereocenters. The Kier molecular flexibility index (Phi) is 5.97. The highest BCUT2D eigenvalue weighted by molar-refractivity contribution is 7.92. The van der Waals surface area contributed by atoms with Crippen LogP contribution in [0.1, 0.15) is 0 Å². The van der Waals surface area contributed by atoms with E-state index in [1.165, 1.54) is 0 Å². The number of carboxylic acids is 1. The van der Waals surface area contributed by atoms with Gasteiger partial charge >= 0.3 is 18.3 Å². The van der Waals surface area contributed by atoms with Gasteiger partial charge in [0.15, 0.2) is 9.84 Å². The van der Waals surface area contributed by atoms with Crippen LogP contribution in [0.5, 0.6) is 0 Å². The minimum absolute atomic E-state index is 0.392. The Morgan fingerprint density at radius 2 is 1.80 bits per heavy atom. The summed E-state index contributed by atoms with van der Waals surface area (Å²) in [6.07, 6.45) is -10.7. The van der Waals surface area contributed by atoms with E-state index in [2.05, 4.69) is 9.47 Å². The first-order valence-corrected chi connectivity index (χ1v) is 8.20. The van der Waals surface area contributed by atoms with Gasteiger partial charge in [-0.25, -0.2) is 8.42 Å². The van der Waals surface area contributed by atoms with E-state index in [0.717, 1.165) is 18.2 Å². The summed E-state index contributed by atoms with van der Waals surface area (Å²) in [6, 6.07) is 0. The summed E-state index contributed by atoms with van der Waals surface area (Å²) in [5.41, 5.74) is 0. The Morgan fingerprint density at radius 1 is 1.24 bits per heavy atom. The van der Waals surface area contributed by atoms with Crippen molar-refractivity contribution < 1.29 is 54.1 Å². The first-order valence-electron chi connectivity index (χ1n) is 6.31. The standard InChI is InChI=1S/C12H12F6O6S/c1-25(21,22)10(5-3-2-4-7(10)8(19)20)24-9(12(16,17)18)23-6-11(13,14)15/h2-5,7,9H,6H2,1H3,(H,19,20). The second kappa shape index (κ2) is 6.96. The van der Waals surface area contributed by atoms with Crippen molar-refractivity contribution in [3.63, 3.8) is 0 Å². The minimum atomic E-state index is -5.55. The third-order valence-electron chi connectivity index (χ3n) is 2.98. The quantitative estimate of drug-likeness (QED) is 0.544. The number of hydrogen-bond donors (Lipinski definition) is 1. The Hall–Kier alpha value is -1.60. The monoisotopic (exact) mass is 398 g/mol. The molecule has 144 valence electrons. The summed E-state index contributed by atoms with van der Waals surface area (Å²) in [7, 11) is -4.69. The van der Waals surface area contributed by atoms with Crippen LogP contribution in [0.15, 0.2) is 24.3 Å². The normalized spacial score (nSPS) is 25.8. The van der Waals surface area contributed by atoms with E-state index in [9.17, 15) is 39.6 Å². The third-order valence-corrected chi connectivity index (χ3v) is 4.62. The lowest BCUT2D eigenvalue weighted by molar-refractivity contribution is -0.342. The lowest BCUT2D eigenvalue weighted by atomic mass is 9.97. The number of rotatable bonds is 6.